The van der Waals surface area contributed by atoms with E-state index in [1.807, 2.05) is 0 Å². The first kappa shape index (κ1) is 16.4. The SMILES string of the molecule is CCC(C)(CO)NS(=O)(=O)c1ccc(N)cc1C(=O)O. The Morgan fingerprint density at radius 1 is 1.45 bits per heavy atom. The van der Waals surface area contributed by atoms with E-state index in [0.29, 0.717) is 6.42 Å². The quantitative estimate of drug-likeness (QED) is 0.563. The highest BCUT2D eigenvalue weighted by Gasteiger charge is 2.31. The monoisotopic (exact) mass is 302 g/mol. The van der Waals surface area contributed by atoms with Gasteiger partial charge in [0.1, 0.15) is 0 Å². The molecule has 0 saturated heterocycles. The molecule has 112 valence electrons. The zero-order valence-electron chi connectivity index (χ0n) is 11.3. The van der Waals surface area contributed by atoms with Crippen LogP contribution >= 0.6 is 0 Å². The average molecular weight is 302 g/mol. The Morgan fingerprint density at radius 3 is 2.50 bits per heavy atom. The van der Waals surface area contributed by atoms with Gasteiger partial charge in [-0.25, -0.2) is 17.9 Å². The number of sulfonamides is 1. The van der Waals surface area contributed by atoms with Crippen molar-refractivity contribution in [3.63, 3.8) is 0 Å². The number of rotatable bonds is 6. The Morgan fingerprint density at radius 2 is 2.05 bits per heavy atom. The minimum absolute atomic E-state index is 0.154. The van der Waals surface area contributed by atoms with Gasteiger partial charge in [0.2, 0.25) is 10.0 Å². The van der Waals surface area contributed by atoms with Gasteiger partial charge in [-0.05, 0) is 31.5 Å². The summed E-state index contributed by atoms with van der Waals surface area (Å²) in [4.78, 5) is 10.7. The van der Waals surface area contributed by atoms with Crippen LogP contribution in [0.3, 0.4) is 0 Å². The molecule has 1 aromatic carbocycles. The van der Waals surface area contributed by atoms with E-state index in [4.69, 9.17) is 10.8 Å². The second-order valence-corrected chi connectivity index (χ2v) is 6.39. The van der Waals surface area contributed by atoms with E-state index in [1.54, 1.807) is 6.92 Å². The van der Waals surface area contributed by atoms with Gasteiger partial charge in [-0.2, -0.15) is 0 Å². The van der Waals surface area contributed by atoms with Crippen LogP contribution in [-0.4, -0.2) is 36.7 Å². The molecule has 1 aromatic rings. The second-order valence-electron chi connectivity index (χ2n) is 4.74. The lowest BCUT2D eigenvalue weighted by Gasteiger charge is -2.27. The predicted molar refractivity (Wildman–Crippen MR) is 73.9 cm³/mol. The van der Waals surface area contributed by atoms with E-state index in [0.717, 1.165) is 12.1 Å². The molecule has 0 aromatic heterocycles. The highest BCUT2D eigenvalue weighted by atomic mass is 32.2. The van der Waals surface area contributed by atoms with Gasteiger partial charge in [0, 0.05) is 5.69 Å². The fourth-order valence-electron chi connectivity index (χ4n) is 1.54. The number of anilines is 1. The van der Waals surface area contributed by atoms with Gasteiger partial charge in [-0.3, -0.25) is 0 Å². The summed E-state index contributed by atoms with van der Waals surface area (Å²) in [5, 5.41) is 18.3. The van der Waals surface area contributed by atoms with Crippen molar-refractivity contribution in [1.29, 1.82) is 0 Å². The summed E-state index contributed by atoms with van der Waals surface area (Å²) in [5.74, 6) is -1.39. The van der Waals surface area contributed by atoms with Crippen molar-refractivity contribution in [3.8, 4) is 0 Å². The molecule has 5 N–H and O–H groups in total. The van der Waals surface area contributed by atoms with Crippen LogP contribution in [0.4, 0.5) is 5.69 Å². The van der Waals surface area contributed by atoms with Gasteiger partial charge in [-0.1, -0.05) is 6.92 Å². The molecule has 20 heavy (non-hydrogen) atoms. The van der Waals surface area contributed by atoms with Crippen LogP contribution in [0.25, 0.3) is 0 Å². The molecule has 1 rings (SSSR count). The van der Waals surface area contributed by atoms with E-state index >= 15 is 0 Å². The van der Waals surface area contributed by atoms with Crippen LogP contribution in [0.2, 0.25) is 0 Å². The standard InChI is InChI=1S/C12H18N2O5S/c1-3-12(2,7-15)14-20(18,19)10-5-4-8(13)6-9(10)11(16)17/h4-6,14-15H,3,7,13H2,1-2H3,(H,16,17). The van der Waals surface area contributed by atoms with Crippen molar-refractivity contribution < 1.29 is 23.4 Å². The molecule has 0 amide bonds. The molecule has 0 bridgehead atoms. The van der Waals surface area contributed by atoms with Gasteiger partial charge in [0.15, 0.2) is 0 Å². The Kier molecular flexibility index (Phi) is 4.74. The first-order valence-corrected chi connectivity index (χ1v) is 7.41. The van der Waals surface area contributed by atoms with Gasteiger partial charge in [-0.15, -0.1) is 0 Å². The minimum atomic E-state index is -4.08. The number of aliphatic hydroxyl groups is 1. The molecule has 0 spiro atoms. The van der Waals surface area contributed by atoms with Gasteiger partial charge < -0.3 is 15.9 Å². The van der Waals surface area contributed by atoms with Crippen molar-refractivity contribution >= 4 is 21.7 Å². The molecule has 0 saturated carbocycles. The van der Waals surface area contributed by atoms with Gasteiger partial charge in [0.05, 0.1) is 22.6 Å². The molecule has 1 atom stereocenters. The number of hydrogen-bond acceptors (Lipinski definition) is 5. The van der Waals surface area contributed by atoms with Crippen LogP contribution in [0.1, 0.15) is 30.6 Å². The summed E-state index contributed by atoms with van der Waals surface area (Å²) in [6.45, 7) is 2.84. The highest BCUT2D eigenvalue weighted by molar-refractivity contribution is 7.89. The predicted octanol–water partition coefficient (Wildman–Crippen LogP) is 0.406. The fraction of sp³-hybridized carbons (Fsp3) is 0.417. The van der Waals surface area contributed by atoms with E-state index < -0.39 is 33.7 Å². The summed E-state index contributed by atoms with van der Waals surface area (Å²) in [6.07, 6.45) is 0.347. The number of carboxylic acid groups (broad SMARTS) is 1. The third-order valence-electron chi connectivity index (χ3n) is 3.03. The molecule has 0 heterocycles. The maximum absolute atomic E-state index is 12.3. The molecule has 8 heteroatoms. The number of hydrogen-bond donors (Lipinski definition) is 4. The van der Waals surface area contributed by atoms with Crippen LogP contribution in [0, 0.1) is 0 Å². The number of carbonyl (C=O) groups is 1. The third-order valence-corrected chi connectivity index (χ3v) is 4.73. The van der Waals surface area contributed by atoms with Crippen LogP contribution in [0.15, 0.2) is 23.1 Å². The molecule has 0 radical (unpaired) electrons. The smallest absolute Gasteiger partial charge is 0.337 e. The molecule has 0 aliphatic carbocycles. The molecular formula is C12H18N2O5S. The zero-order chi connectivity index (χ0) is 15.6. The molecule has 7 nitrogen and oxygen atoms in total. The van der Waals surface area contributed by atoms with Crippen LogP contribution in [-0.2, 0) is 10.0 Å². The van der Waals surface area contributed by atoms with Crippen LogP contribution < -0.4 is 10.5 Å². The highest BCUT2D eigenvalue weighted by Crippen LogP contribution is 2.21. The van der Waals surface area contributed by atoms with Gasteiger partial charge in [0.25, 0.3) is 0 Å². The Hall–Kier alpha value is -1.64. The average Bonchev–Trinajstić information content (AvgIpc) is 2.37. The molecular weight excluding hydrogens is 284 g/mol. The molecule has 0 aliphatic heterocycles. The topological polar surface area (TPSA) is 130 Å². The van der Waals surface area contributed by atoms with Gasteiger partial charge >= 0.3 is 5.97 Å². The first-order chi connectivity index (χ1) is 9.15. The van der Waals surface area contributed by atoms with Crippen molar-refractivity contribution in [3.05, 3.63) is 23.8 Å². The maximum atomic E-state index is 12.3. The number of nitrogen functional groups attached to an aromatic ring is 1. The van der Waals surface area contributed by atoms with Crippen LogP contribution in [0.5, 0.6) is 0 Å². The number of nitrogens with two attached hydrogens (primary N) is 1. The Bertz CT molecular complexity index is 608. The Balaban J connectivity index is 3.33. The first-order valence-electron chi connectivity index (χ1n) is 5.93. The van der Waals surface area contributed by atoms with E-state index in [9.17, 15) is 18.3 Å². The lowest BCUT2D eigenvalue weighted by Crippen LogP contribution is -2.48. The normalized spacial score (nSPS) is 14.8. The Labute approximate surface area is 117 Å². The molecule has 0 fully saturated rings. The van der Waals surface area contributed by atoms with Crippen molar-refractivity contribution in [2.75, 3.05) is 12.3 Å². The van der Waals surface area contributed by atoms with E-state index in [-0.39, 0.29) is 10.6 Å². The van der Waals surface area contributed by atoms with Crippen molar-refractivity contribution in [1.82, 2.24) is 4.72 Å². The molecule has 1 unspecified atom stereocenters. The van der Waals surface area contributed by atoms with Crippen molar-refractivity contribution in [2.24, 2.45) is 0 Å². The lowest BCUT2D eigenvalue weighted by atomic mass is 10.0. The second kappa shape index (κ2) is 5.78. The summed E-state index contributed by atoms with van der Waals surface area (Å²) < 4.78 is 26.9. The fourth-order valence-corrected chi connectivity index (χ4v) is 3.20. The number of carboxylic acids is 1. The van der Waals surface area contributed by atoms with E-state index in [2.05, 4.69) is 4.72 Å². The number of nitrogens with one attached hydrogen (secondary N) is 1. The number of aromatic carboxylic acids is 1. The third kappa shape index (κ3) is 3.47. The maximum Gasteiger partial charge on any atom is 0.337 e. The summed E-state index contributed by atoms with van der Waals surface area (Å²) in [5.41, 5.74) is 4.16. The number of aliphatic hydroxyl groups excluding tert-OH is 1. The zero-order valence-corrected chi connectivity index (χ0v) is 12.1. The number of benzene rings is 1. The largest absolute Gasteiger partial charge is 0.478 e. The van der Waals surface area contributed by atoms with Crippen molar-refractivity contribution in [2.45, 2.75) is 30.7 Å². The summed E-state index contributed by atoms with van der Waals surface area (Å²) in [6, 6.07) is 3.52. The summed E-state index contributed by atoms with van der Waals surface area (Å²) in [7, 11) is -4.08. The molecule has 0 aliphatic rings. The summed E-state index contributed by atoms with van der Waals surface area (Å²) >= 11 is 0. The lowest BCUT2D eigenvalue weighted by molar-refractivity contribution is 0.0692. The van der Waals surface area contributed by atoms with E-state index in [1.165, 1.54) is 13.0 Å². The minimum Gasteiger partial charge on any atom is -0.478 e.